The summed E-state index contributed by atoms with van der Waals surface area (Å²) in [7, 11) is 0. The minimum absolute atomic E-state index is 0.0254. The van der Waals surface area contributed by atoms with Gasteiger partial charge in [0.2, 0.25) is 0 Å². The minimum atomic E-state index is -4.27. The number of benzene rings is 1. The molecule has 0 aliphatic rings. The average molecular weight is 291 g/mol. The molecule has 2 N–H and O–H groups in total. The number of halogens is 3. The van der Waals surface area contributed by atoms with Gasteiger partial charge in [-0.25, -0.2) is 0 Å². The third kappa shape index (κ3) is 6.25. The summed E-state index contributed by atoms with van der Waals surface area (Å²) in [5, 5.41) is 0. The second kappa shape index (κ2) is 8.11. The Morgan fingerprint density at radius 2 is 1.95 bits per heavy atom. The van der Waals surface area contributed by atoms with Gasteiger partial charge in [-0.05, 0) is 31.0 Å². The second-order valence-electron chi connectivity index (χ2n) is 4.47. The van der Waals surface area contributed by atoms with Gasteiger partial charge in [-0.1, -0.05) is 18.2 Å². The molecule has 3 nitrogen and oxygen atoms in total. The molecule has 0 atom stereocenters. The smallest absolute Gasteiger partial charge is 0.411 e. The highest BCUT2D eigenvalue weighted by Gasteiger charge is 2.27. The van der Waals surface area contributed by atoms with Crippen LogP contribution in [0.3, 0.4) is 0 Å². The van der Waals surface area contributed by atoms with E-state index in [1.807, 2.05) is 25.1 Å². The van der Waals surface area contributed by atoms with E-state index in [9.17, 15) is 13.2 Å². The van der Waals surface area contributed by atoms with Crippen LogP contribution < -0.4 is 10.5 Å². The van der Waals surface area contributed by atoms with Crippen LogP contribution in [0.1, 0.15) is 17.5 Å². The molecule has 0 unspecified atom stereocenters. The lowest BCUT2D eigenvalue weighted by Gasteiger charge is -2.14. The first-order chi connectivity index (χ1) is 9.44. The van der Waals surface area contributed by atoms with Gasteiger partial charge in [0.1, 0.15) is 12.4 Å². The Hall–Kier alpha value is -1.27. The van der Waals surface area contributed by atoms with Crippen LogP contribution in [0.5, 0.6) is 5.75 Å². The highest BCUT2D eigenvalue weighted by molar-refractivity contribution is 5.40. The Bertz CT molecular complexity index is 408. The van der Waals surface area contributed by atoms with E-state index in [-0.39, 0.29) is 6.61 Å². The van der Waals surface area contributed by atoms with Crippen molar-refractivity contribution >= 4 is 0 Å². The van der Waals surface area contributed by atoms with Gasteiger partial charge in [0, 0.05) is 6.42 Å². The van der Waals surface area contributed by atoms with E-state index in [0.717, 1.165) is 16.9 Å². The number of rotatable bonds is 8. The molecule has 1 rings (SSSR count). The number of alkyl halides is 3. The summed E-state index contributed by atoms with van der Waals surface area (Å²) in [6, 6.07) is 5.80. The Labute approximate surface area is 116 Å². The van der Waals surface area contributed by atoms with Crippen molar-refractivity contribution in [3.63, 3.8) is 0 Å². The summed E-state index contributed by atoms with van der Waals surface area (Å²) in [6.45, 7) is 1.58. The molecular formula is C14H20F3NO2. The molecule has 0 amide bonds. The van der Waals surface area contributed by atoms with Gasteiger partial charge in [-0.2, -0.15) is 13.2 Å². The molecule has 0 bridgehead atoms. The Kier molecular flexibility index (Phi) is 6.81. The molecule has 0 fully saturated rings. The fourth-order valence-electron chi connectivity index (χ4n) is 1.80. The van der Waals surface area contributed by atoms with Gasteiger partial charge in [0.25, 0.3) is 0 Å². The van der Waals surface area contributed by atoms with Crippen LogP contribution in [0.4, 0.5) is 13.2 Å². The molecule has 0 heterocycles. The predicted molar refractivity (Wildman–Crippen MR) is 70.9 cm³/mol. The van der Waals surface area contributed by atoms with Crippen molar-refractivity contribution in [3.8, 4) is 5.75 Å². The van der Waals surface area contributed by atoms with Gasteiger partial charge in [-0.15, -0.1) is 0 Å². The van der Waals surface area contributed by atoms with Gasteiger partial charge < -0.3 is 15.2 Å². The van der Waals surface area contributed by atoms with Crippen molar-refractivity contribution in [2.24, 2.45) is 5.73 Å². The first-order valence-electron chi connectivity index (χ1n) is 6.50. The molecule has 20 heavy (non-hydrogen) atoms. The van der Waals surface area contributed by atoms with Gasteiger partial charge in [0.05, 0.1) is 13.2 Å². The Balaban J connectivity index is 2.35. The molecule has 1 aromatic rings. The SMILES string of the molecule is Cc1cccc(CCN)c1OCCCOCC(F)(F)F. The quantitative estimate of drug-likeness (QED) is 0.749. The third-order valence-corrected chi connectivity index (χ3v) is 2.65. The molecule has 114 valence electrons. The number of aryl methyl sites for hydroxylation is 1. The molecule has 1 aromatic carbocycles. The van der Waals surface area contributed by atoms with Crippen LogP contribution in [-0.2, 0) is 11.2 Å². The van der Waals surface area contributed by atoms with Crippen LogP contribution in [0.25, 0.3) is 0 Å². The maximum Gasteiger partial charge on any atom is 0.411 e. The summed E-state index contributed by atoms with van der Waals surface area (Å²) in [6.07, 6.45) is -3.15. The van der Waals surface area contributed by atoms with E-state index in [2.05, 4.69) is 4.74 Å². The largest absolute Gasteiger partial charge is 0.493 e. The van der Waals surface area contributed by atoms with Crippen molar-refractivity contribution in [1.29, 1.82) is 0 Å². The Morgan fingerprint density at radius 1 is 1.20 bits per heavy atom. The van der Waals surface area contributed by atoms with Crippen LogP contribution in [-0.4, -0.2) is 32.5 Å². The van der Waals surface area contributed by atoms with Crippen LogP contribution in [0, 0.1) is 6.92 Å². The van der Waals surface area contributed by atoms with Gasteiger partial charge in [-0.3, -0.25) is 0 Å². The maximum absolute atomic E-state index is 11.9. The zero-order chi connectivity index (χ0) is 15.0. The van der Waals surface area contributed by atoms with Gasteiger partial charge >= 0.3 is 6.18 Å². The van der Waals surface area contributed by atoms with Crippen molar-refractivity contribution in [3.05, 3.63) is 29.3 Å². The fraction of sp³-hybridized carbons (Fsp3) is 0.571. The molecule has 0 aliphatic heterocycles. The van der Waals surface area contributed by atoms with E-state index >= 15 is 0 Å². The van der Waals surface area contributed by atoms with Crippen LogP contribution >= 0.6 is 0 Å². The first-order valence-corrected chi connectivity index (χ1v) is 6.50. The first kappa shape index (κ1) is 16.8. The molecule has 0 aliphatic carbocycles. The van der Waals surface area contributed by atoms with E-state index in [1.54, 1.807) is 0 Å². The zero-order valence-electron chi connectivity index (χ0n) is 11.5. The lowest BCUT2D eigenvalue weighted by molar-refractivity contribution is -0.174. The lowest BCUT2D eigenvalue weighted by atomic mass is 10.1. The third-order valence-electron chi connectivity index (χ3n) is 2.65. The summed E-state index contributed by atoms with van der Waals surface area (Å²) in [5.41, 5.74) is 7.54. The van der Waals surface area contributed by atoms with Crippen molar-refractivity contribution < 1.29 is 22.6 Å². The molecular weight excluding hydrogens is 271 g/mol. The van der Waals surface area contributed by atoms with Crippen molar-refractivity contribution in [2.75, 3.05) is 26.4 Å². The van der Waals surface area contributed by atoms with Crippen LogP contribution in [0.2, 0.25) is 0 Å². The van der Waals surface area contributed by atoms with E-state index in [1.165, 1.54) is 0 Å². The summed E-state index contributed by atoms with van der Waals surface area (Å²) in [4.78, 5) is 0. The van der Waals surface area contributed by atoms with Crippen molar-refractivity contribution in [2.45, 2.75) is 25.9 Å². The topological polar surface area (TPSA) is 44.5 Å². The second-order valence-corrected chi connectivity index (χ2v) is 4.47. The van der Waals surface area contributed by atoms with Crippen LogP contribution in [0.15, 0.2) is 18.2 Å². The molecule has 0 radical (unpaired) electrons. The summed E-state index contributed by atoms with van der Waals surface area (Å²) >= 11 is 0. The number of nitrogens with two attached hydrogens (primary N) is 1. The van der Waals surface area contributed by atoms with E-state index in [4.69, 9.17) is 10.5 Å². The Morgan fingerprint density at radius 3 is 2.60 bits per heavy atom. The molecule has 0 aromatic heterocycles. The summed E-state index contributed by atoms with van der Waals surface area (Å²) < 4.78 is 45.7. The standard InChI is InChI=1S/C14H20F3NO2/c1-11-4-2-5-12(6-7-18)13(11)20-9-3-8-19-10-14(15,16)17/h2,4-5H,3,6-10,18H2,1H3. The number of para-hydroxylation sites is 1. The lowest BCUT2D eigenvalue weighted by Crippen LogP contribution is -2.18. The predicted octanol–water partition coefficient (Wildman–Crippen LogP) is 2.84. The monoisotopic (exact) mass is 291 g/mol. The van der Waals surface area contributed by atoms with E-state index in [0.29, 0.717) is 26.0 Å². The average Bonchev–Trinajstić information content (AvgIpc) is 2.35. The number of ether oxygens (including phenoxy) is 2. The minimum Gasteiger partial charge on any atom is -0.493 e. The highest BCUT2D eigenvalue weighted by atomic mass is 19.4. The highest BCUT2D eigenvalue weighted by Crippen LogP contribution is 2.23. The number of hydrogen-bond acceptors (Lipinski definition) is 3. The van der Waals surface area contributed by atoms with Crippen molar-refractivity contribution in [1.82, 2.24) is 0 Å². The molecule has 6 heteroatoms. The summed E-state index contributed by atoms with van der Waals surface area (Å²) in [5.74, 6) is 0.772. The zero-order valence-corrected chi connectivity index (χ0v) is 11.5. The number of hydrogen-bond donors (Lipinski definition) is 1. The van der Waals surface area contributed by atoms with E-state index < -0.39 is 12.8 Å². The van der Waals surface area contributed by atoms with Gasteiger partial charge in [0.15, 0.2) is 0 Å². The fourth-order valence-corrected chi connectivity index (χ4v) is 1.80. The maximum atomic E-state index is 11.9. The molecule has 0 saturated carbocycles. The molecule has 0 saturated heterocycles. The normalized spacial score (nSPS) is 11.7. The molecule has 0 spiro atoms.